The van der Waals surface area contributed by atoms with Gasteiger partial charge in [-0.3, -0.25) is 0 Å². The molecule has 0 amide bonds. The minimum absolute atomic E-state index is 1.14. The lowest BCUT2D eigenvalue weighted by molar-refractivity contribution is 1.20. The number of hydrogen-bond acceptors (Lipinski definition) is 2. The fourth-order valence-corrected chi connectivity index (χ4v) is 6.15. The van der Waals surface area contributed by atoms with Gasteiger partial charge < -0.3 is 9.80 Å². The molecule has 2 nitrogen and oxygen atoms in total. The van der Waals surface area contributed by atoms with E-state index in [0.29, 0.717) is 0 Å². The summed E-state index contributed by atoms with van der Waals surface area (Å²) in [7, 11) is 4.35. The third-order valence-corrected chi connectivity index (χ3v) is 8.28. The first-order valence-electron chi connectivity index (χ1n) is 14.4. The molecule has 0 aliphatic heterocycles. The Kier molecular flexibility index (Phi) is 6.65. The summed E-state index contributed by atoms with van der Waals surface area (Å²) in [6, 6.07) is 56.5. The minimum Gasteiger partial charge on any atom is -0.344 e. The standard InChI is InChI=1S/C40H32N2/c1-41(31-17-7-4-8-18-31)38-24-14-13-23-37(38)39-35-21-11-9-19-33(35)34-20-10-12-22-36(34)40(39)42(2)32-27-25-30(26-28-32)29-15-5-3-6-16-29/h3-28H,1-2H3. The van der Waals surface area contributed by atoms with Crippen molar-refractivity contribution in [1.29, 1.82) is 0 Å². The molecule has 0 aliphatic rings. The number of hydrogen-bond donors (Lipinski definition) is 0. The largest absolute Gasteiger partial charge is 0.344 e. The molecule has 0 N–H and O–H groups in total. The average molecular weight is 541 g/mol. The van der Waals surface area contributed by atoms with Crippen molar-refractivity contribution in [2.24, 2.45) is 0 Å². The zero-order chi connectivity index (χ0) is 28.5. The second-order valence-corrected chi connectivity index (χ2v) is 10.7. The highest BCUT2D eigenvalue weighted by molar-refractivity contribution is 6.22. The molecule has 7 rings (SSSR count). The van der Waals surface area contributed by atoms with Gasteiger partial charge in [-0.2, -0.15) is 0 Å². The van der Waals surface area contributed by atoms with Crippen LogP contribution in [0.1, 0.15) is 0 Å². The van der Waals surface area contributed by atoms with Crippen LogP contribution < -0.4 is 9.80 Å². The van der Waals surface area contributed by atoms with Gasteiger partial charge in [-0.25, -0.2) is 0 Å². The number of para-hydroxylation sites is 2. The fraction of sp³-hybridized carbons (Fsp3) is 0.0500. The summed E-state index contributed by atoms with van der Waals surface area (Å²) in [6.07, 6.45) is 0. The molecule has 0 aliphatic carbocycles. The van der Waals surface area contributed by atoms with E-state index in [0.717, 1.165) is 11.4 Å². The predicted molar refractivity (Wildman–Crippen MR) is 181 cm³/mol. The van der Waals surface area contributed by atoms with E-state index in [2.05, 4.69) is 182 Å². The van der Waals surface area contributed by atoms with E-state index in [1.54, 1.807) is 0 Å². The molecule has 0 heterocycles. The summed E-state index contributed by atoms with van der Waals surface area (Å²) < 4.78 is 0. The maximum absolute atomic E-state index is 2.36. The van der Waals surface area contributed by atoms with E-state index >= 15 is 0 Å². The van der Waals surface area contributed by atoms with Gasteiger partial charge in [0.2, 0.25) is 0 Å². The summed E-state index contributed by atoms with van der Waals surface area (Å²) in [5.41, 5.74) is 9.54. The van der Waals surface area contributed by atoms with Gasteiger partial charge >= 0.3 is 0 Å². The normalized spacial score (nSPS) is 11.1. The van der Waals surface area contributed by atoms with E-state index in [-0.39, 0.29) is 0 Å². The van der Waals surface area contributed by atoms with Crippen molar-refractivity contribution < 1.29 is 0 Å². The van der Waals surface area contributed by atoms with Crippen molar-refractivity contribution in [3.05, 3.63) is 158 Å². The van der Waals surface area contributed by atoms with Crippen LogP contribution in [0.2, 0.25) is 0 Å². The Morgan fingerprint density at radius 3 is 1.52 bits per heavy atom. The lowest BCUT2D eigenvalue weighted by Gasteiger charge is -2.29. The van der Waals surface area contributed by atoms with E-state index in [1.807, 2.05) is 0 Å². The molecule has 7 aromatic rings. The molecule has 0 saturated carbocycles. The number of rotatable bonds is 6. The molecule has 42 heavy (non-hydrogen) atoms. The smallest absolute Gasteiger partial charge is 0.0574 e. The van der Waals surface area contributed by atoms with Crippen LogP contribution >= 0.6 is 0 Å². The summed E-state index contributed by atoms with van der Waals surface area (Å²) >= 11 is 0. The van der Waals surface area contributed by atoms with Gasteiger partial charge in [0.25, 0.3) is 0 Å². The number of anilines is 4. The van der Waals surface area contributed by atoms with Crippen LogP contribution in [-0.4, -0.2) is 14.1 Å². The number of benzene rings is 7. The van der Waals surface area contributed by atoms with Gasteiger partial charge in [0.15, 0.2) is 0 Å². The lowest BCUT2D eigenvalue weighted by atomic mass is 9.89. The summed E-state index contributed by atoms with van der Waals surface area (Å²) in [4.78, 5) is 4.65. The van der Waals surface area contributed by atoms with Crippen LogP contribution in [0.4, 0.5) is 22.7 Å². The fourth-order valence-electron chi connectivity index (χ4n) is 6.15. The van der Waals surface area contributed by atoms with E-state index < -0.39 is 0 Å². The predicted octanol–water partition coefficient (Wildman–Crippen LogP) is 10.9. The molecule has 0 fully saturated rings. The van der Waals surface area contributed by atoms with Crippen molar-refractivity contribution >= 4 is 44.3 Å². The molecule has 0 aromatic heterocycles. The first kappa shape index (κ1) is 25.6. The molecular weight excluding hydrogens is 508 g/mol. The van der Waals surface area contributed by atoms with Gasteiger partial charge in [-0.15, -0.1) is 0 Å². The van der Waals surface area contributed by atoms with Crippen LogP contribution in [0.3, 0.4) is 0 Å². The van der Waals surface area contributed by atoms with Crippen molar-refractivity contribution in [3.63, 3.8) is 0 Å². The van der Waals surface area contributed by atoms with E-state index in [4.69, 9.17) is 0 Å². The summed E-state index contributed by atoms with van der Waals surface area (Å²) in [5.74, 6) is 0. The Bertz CT molecular complexity index is 1990. The van der Waals surface area contributed by atoms with Crippen LogP contribution in [0, 0.1) is 0 Å². The zero-order valence-corrected chi connectivity index (χ0v) is 23.9. The lowest BCUT2D eigenvalue weighted by Crippen LogP contribution is -2.14. The first-order chi connectivity index (χ1) is 20.7. The number of fused-ring (bicyclic) bond motifs is 3. The zero-order valence-electron chi connectivity index (χ0n) is 23.9. The molecule has 0 radical (unpaired) electrons. The maximum atomic E-state index is 2.36. The molecule has 0 unspecified atom stereocenters. The second-order valence-electron chi connectivity index (χ2n) is 10.7. The third-order valence-electron chi connectivity index (χ3n) is 8.28. The molecule has 2 heteroatoms. The quantitative estimate of drug-likeness (QED) is 0.194. The van der Waals surface area contributed by atoms with Crippen molar-refractivity contribution in [2.75, 3.05) is 23.9 Å². The molecule has 202 valence electrons. The van der Waals surface area contributed by atoms with Gasteiger partial charge in [-0.1, -0.05) is 127 Å². The topological polar surface area (TPSA) is 6.48 Å². The molecular formula is C40H32N2. The highest BCUT2D eigenvalue weighted by Gasteiger charge is 2.22. The monoisotopic (exact) mass is 540 g/mol. The molecule has 0 spiro atoms. The highest BCUT2D eigenvalue weighted by Crippen LogP contribution is 2.48. The van der Waals surface area contributed by atoms with Gasteiger partial charge in [0.05, 0.1) is 5.69 Å². The van der Waals surface area contributed by atoms with Crippen molar-refractivity contribution in [2.45, 2.75) is 0 Å². The van der Waals surface area contributed by atoms with Gasteiger partial charge in [-0.05, 0) is 57.6 Å². The van der Waals surface area contributed by atoms with Crippen molar-refractivity contribution in [1.82, 2.24) is 0 Å². The summed E-state index contributed by atoms with van der Waals surface area (Å²) in [6.45, 7) is 0. The van der Waals surface area contributed by atoms with Crippen molar-refractivity contribution in [3.8, 4) is 22.3 Å². The highest BCUT2D eigenvalue weighted by atomic mass is 15.1. The Labute approximate surface area is 247 Å². The minimum atomic E-state index is 1.14. The Morgan fingerprint density at radius 2 is 0.833 bits per heavy atom. The maximum Gasteiger partial charge on any atom is 0.0574 e. The molecule has 0 atom stereocenters. The third kappa shape index (κ3) is 4.48. The second kappa shape index (κ2) is 10.9. The van der Waals surface area contributed by atoms with Gasteiger partial charge in [0.1, 0.15) is 0 Å². The molecule has 0 bridgehead atoms. The Balaban J connectivity index is 1.48. The van der Waals surface area contributed by atoms with E-state index in [1.165, 1.54) is 55.2 Å². The SMILES string of the molecule is CN(c1ccccc1)c1ccccc1-c1c(N(C)c2ccc(-c3ccccc3)cc2)c2ccccc2c2ccccc12. The van der Waals surface area contributed by atoms with E-state index in [9.17, 15) is 0 Å². The number of nitrogens with zero attached hydrogens (tertiary/aromatic N) is 2. The van der Waals surface area contributed by atoms with Crippen LogP contribution in [0.15, 0.2) is 158 Å². The summed E-state index contributed by atoms with van der Waals surface area (Å²) in [5, 5.41) is 5.00. The Hall–Kier alpha value is -5.34. The Morgan fingerprint density at radius 1 is 0.357 bits per heavy atom. The van der Waals surface area contributed by atoms with Crippen LogP contribution in [-0.2, 0) is 0 Å². The first-order valence-corrected chi connectivity index (χ1v) is 14.4. The molecule has 0 saturated heterocycles. The molecule has 7 aromatic carbocycles. The van der Waals surface area contributed by atoms with Crippen LogP contribution in [0.25, 0.3) is 43.8 Å². The average Bonchev–Trinajstić information content (AvgIpc) is 3.08. The van der Waals surface area contributed by atoms with Crippen LogP contribution in [0.5, 0.6) is 0 Å². The van der Waals surface area contributed by atoms with Gasteiger partial charge in [0, 0.05) is 47.7 Å².